The van der Waals surface area contributed by atoms with Crippen LogP contribution in [0.15, 0.2) is 53.6 Å². The molecule has 1 aromatic heterocycles. The van der Waals surface area contributed by atoms with Crippen molar-refractivity contribution >= 4 is 41.0 Å². The molecule has 0 aliphatic carbocycles. The average molecular weight is 602 g/mol. The molecule has 2 heterocycles. The van der Waals surface area contributed by atoms with Gasteiger partial charge in [-0.25, -0.2) is 4.98 Å². The zero-order valence-corrected chi connectivity index (χ0v) is 23.6. The molecule has 14 heteroatoms. The summed E-state index contributed by atoms with van der Waals surface area (Å²) >= 11 is 0.724. The van der Waals surface area contributed by atoms with Crippen molar-refractivity contribution in [2.24, 2.45) is 5.92 Å². The molecule has 0 bridgehead atoms. The number of esters is 2. The van der Waals surface area contributed by atoms with Crippen LogP contribution in [0.5, 0.6) is 5.75 Å². The molecule has 3 aromatic rings. The minimum atomic E-state index is -1.68. The maximum atomic E-state index is 13.9. The van der Waals surface area contributed by atoms with Gasteiger partial charge in [0, 0.05) is 17.7 Å². The number of nitro groups is 1. The molecule has 0 amide bonds. The zero-order chi connectivity index (χ0) is 31.3. The van der Waals surface area contributed by atoms with Crippen LogP contribution >= 0.6 is 11.8 Å². The van der Waals surface area contributed by atoms with Crippen molar-refractivity contribution in [3.63, 3.8) is 0 Å². The van der Waals surface area contributed by atoms with Crippen LogP contribution in [-0.4, -0.2) is 52.2 Å². The fourth-order valence-electron chi connectivity index (χ4n) is 4.52. The number of anilines is 1. The Kier molecular flexibility index (Phi) is 9.23. The summed E-state index contributed by atoms with van der Waals surface area (Å²) in [6.45, 7) is 2.98. The summed E-state index contributed by atoms with van der Waals surface area (Å²) in [5.41, 5.74) is 6.08. The first kappa shape index (κ1) is 30.5. The lowest BCUT2D eigenvalue weighted by Gasteiger charge is -2.35. The Balaban J connectivity index is 1.90. The standard InChI is InChI=1S/C29H23N5O8S/c1-3-40-28(36)22(29(37)41-4-2)24-25(23(35)17-7-5-6-8-20(17)42-24)43-27-19(14-31)21(18(13-30)26(32)33-27)15-9-11-16(12-10-15)34(38)39/h5-12,22,24-25H,3-4H2,1-2H3,(H2,32,33). The number of hydrogen-bond acceptors (Lipinski definition) is 13. The summed E-state index contributed by atoms with van der Waals surface area (Å²) < 4.78 is 16.3. The van der Waals surface area contributed by atoms with Crippen molar-refractivity contribution in [1.82, 2.24) is 4.98 Å². The fraction of sp³-hybridized carbons (Fsp3) is 0.241. The first-order valence-corrected chi connectivity index (χ1v) is 13.7. The van der Waals surface area contributed by atoms with E-state index in [1.54, 1.807) is 26.0 Å². The second kappa shape index (κ2) is 13.0. The van der Waals surface area contributed by atoms with Crippen LogP contribution in [0.1, 0.15) is 35.3 Å². The molecule has 2 aromatic carbocycles. The first-order valence-electron chi connectivity index (χ1n) is 12.8. The average Bonchev–Trinajstić information content (AvgIpc) is 2.99. The Hall–Kier alpha value is -5.47. The molecule has 2 atom stereocenters. The maximum absolute atomic E-state index is 13.9. The van der Waals surface area contributed by atoms with Crippen LogP contribution < -0.4 is 10.5 Å². The lowest BCUT2D eigenvalue weighted by molar-refractivity contribution is -0.384. The number of ketones is 1. The number of nitro benzene ring substituents is 1. The summed E-state index contributed by atoms with van der Waals surface area (Å²) in [5.74, 6) is -4.28. The number of non-ortho nitro benzene ring substituents is 1. The summed E-state index contributed by atoms with van der Waals surface area (Å²) in [6.07, 6.45) is -1.45. The Labute approximate surface area is 249 Å². The number of thioether (sulfide) groups is 1. The molecule has 0 radical (unpaired) electrons. The Morgan fingerprint density at radius 3 is 2.23 bits per heavy atom. The highest BCUT2D eigenvalue weighted by Crippen LogP contribution is 2.43. The number of fused-ring (bicyclic) bond motifs is 1. The Morgan fingerprint density at radius 2 is 1.67 bits per heavy atom. The quantitative estimate of drug-likeness (QED) is 0.160. The van der Waals surface area contributed by atoms with Gasteiger partial charge < -0.3 is 19.9 Å². The van der Waals surface area contributed by atoms with Crippen molar-refractivity contribution in [2.75, 3.05) is 18.9 Å². The molecule has 43 heavy (non-hydrogen) atoms. The number of nitrogens with two attached hydrogens (primary N) is 1. The number of carbonyl (C=O) groups excluding carboxylic acids is 3. The van der Waals surface area contributed by atoms with Gasteiger partial charge in [-0.1, -0.05) is 23.9 Å². The van der Waals surface area contributed by atoms with E-state index in [1.807, 2.05) is 12.1 Å². The monoisotopic (exact) mass is 601 g/mol. The van der Waals surface area contributed by atoms with Gasteiger partial charge in [0.1, 0.15) is 45.6 Å². The first-order chi connectivity index (χ1) is 20.7. The molecule has 4 rings (SSSR count). The highest BCUT2D eigenvalue weighted by molar-refractivity contribution is 8.00. The van der Waals surface area contributed by atoms with Crippen LogP contribution in [0.2, 0.25) is 0 Å². The van der Waals surface area contributed by atoms with Gasteiger partial charge in [0.05, 0.1) is 29.3 Å². The van der Waals surface area contributed by atoms with Crippen molar-refractivity contribution in [1.29, 1.82) is 10.5 Å². The summed E-state index contributed by atoms with van der Waals surface area (Å²) in [7, 11) is 0. The number of aromatic nitrogens is 1. The van der Waals surface area contributed by atoms with Crippen LogP contribution in [0.25, 0.3) is 11.1 Å². The molecule has 1 aliphatic heterocycles. The second-order valence-electron chi connectivity index (χ2n) is 8.92. The SMILES string of the molecule is CCOC(=O)C(C(=O)OCC)C1Oc2ccccc2C(=O)C1Sc1nc(N)c(C#N)c(-c2ccc([N+](=O)[O-])cc2)c1C#N. The van der Waals surface area contributed by atoms with Gasteiger partial charge >= 0.3 is 11.9 Å². The molecule has 2 unspecified atom stereocenters. The van der Waals surface area contributed by atoms with Gasteiger partial charge in [0.25, 0.3) is 5.69 Å². The summed E-state index contributed by atoms with van der Waals surface area (Å²) in [6, 6.07) is 15.3. The Bertz CT molecular complexity index is 1680. The van der Waals surface area contributed by atoms with Gasteiger partial charge in [0.15, 0.2) is 11.7 Å². The smallest absolute Gasteiger partial charge is 0.324 e. The van der Waals surface area contributed by atoms with E-state index in [4.69, 9.17) is 19.9 Å². The molecule has 0 saturated carbocycles. The number of nitriles is 2. The number of Topliss-reactive ketones (excluding diaryl/α,β-unsaturated/α-hetero) is 1. The third-order valence-electron chi connectivity index (χ3n) is 6.40. The van der Waals surface area contributed by atoms with Crippen LogP contribution in [-0.2, 0) is 19.1 Å². The van der Waals surface area contributed by atoms with E-state index in [0.29, 0.717) is 0 Å². The topological polar surface area (TPSA) is 209 Å². The van der Waals surface area contributed by atoms with E-state index in [0.717, 1.165) is 11.8 Å². The van der Waals surface area contributed by atoms with Crippen LogP contribution in [0, 0.1) is 38.7 Å². The minimum absolute atomic E-state index is 0.0448. The van der Waals surface area contributed by atoms with E-state index in [-0.39, 0.29) is 63.3 Å². The van der Waals surface area contributed by atoms with E-state index < -0.39 is 39.9 Å². The third kappa shape index (κ3) is 5.95. The van der Waals surface area contributed by atoms with Gasteiger partial charge in [0.2, 0.25) is 0 Å². The maximum Gasteiger partial charge on any atom is 0.324 e. The minimum Gasteiger partial charge on any atom is -0.486 e. The van der Waals surface area contributed by atoms with Crippen molar-refractivity contribution in [3.8, 4) is 29.0 Å². The number of nitrogens with zero attached hydrogens (tertiary/aromatic N) is 4. The zero-order valence-electron chi connectivity index (χ0n) is 22.8. The molecule has 2 N–H and O–H groups in total. The Morgan fingerprint density at radius 1 is 1.07 bits per heavy atom. The van der Waals surface area contributed by atoms with Gasteiger partial charge in [-0.3, -0.25) is 24.5 Å². The fourth-order valence-corrected chi connectivity index (χ4v) is 5.76. The normalized spacial score (nSPS) is 15.4. The lowest BCUT2D eigenvalue weighted by Crippen LogP contribution is -2.51. The summed E-state index contributed by atoms with van der Waals surface area (Å²) in [4.78, 5) is 54.8. The predicted molar refractivity (Wildman–Crippen MR) is 152 cm³/mol. The van der Waals surface area contributed by atoms with Crippen LogP contribution in [0.4, 0.5) is 11.5 Å². The number of carbonyl (C=O) groups is 3. The number of hydrogen-bond donors (Lipinski definition) is 1. The molecule has 13 nitrogen and oxygen atoms in total. The molecular formula is C29H23N5O8S. The van der Waals surface area contributed by atoms with E-state index in [2.05, 4.69) is 4.98 Å². The second-order valence-corrected chi connectivity index (χ2v) is 10.0. The van der Waals surface area contributed by atoms with Gasteiger partial charge in [-0.15, -0.1) is 0 Å². The number of pyridine rings is 1. The third-order valence-corrected chi connectivity index (χ3v) is 7.66. The number of para-hydroxylation sites is 1. The van der Waals surface area contributed by atoms with Gasteiger partial charge in [-0.2, -0.15) is 10.5 Å². The lowest BCUT2D eigenvalue weighted by atomic mass is 9.91. The molecule has 1 aliphatic rings. The number of rotatable bonds is 9. The number of benzene rings is 2. The molecule has 0 spiro atoms. The molecular weight excluding hydrogens is 578 g/mol. The van der Waals surface area contributed by atoms with E-state index in [9.17, 15) is 35.0 Å². The van der Waals surface area contributed by atoms with E-state index >= 15 is 0 Å². The van der Waals surface area contributed by atoms with Crippen molar-refractivity contribution in [3.05, 3.63) is 75.3 Å². The predicted octanol–water partition coefficient (Wildman–Crippen LogP) is 3.83. The summed E-state index contributed by atoms with van der Waals surface area (Å²) in [5, 5.41) is 29.8. The molecule has 0 saturated heterocycles. The van der Waals surface area contributed by atoms with Crippen molar-refractivity contribution in [2.45, 2.75) is 30.2 Å². The van der Waals surface area contributed by atoms with Gasteiger partial charge in [-0.05, 0) is 43.7 Å². The number of ether oxygens (including phenoxy) is 3. The molecule has 218 valence electrons. The van der Waals surface area contributed by atoms with E-state index in [1.165, 1.54) is 36.4 Å². The highest BCUT2D eigenvalue weighted by atomic mass is 32.2. The van der Waals surface area contributed by atoms with Crippen molar-refractivity contribution < 1.29 is 33.5 Å². The largest absolute Gasteiger partial charge is 0.486 e. The highest BCUT2D eigenvalue weighted by Gasteiger charge is 2.50. The molecule has 0 fully saturated rings. The van der Waals surface area contributed by atoms with Crippen LogP contribution in [0.3, 0.4) is 0 Å². The number of nitrogen functional groups attached to an aromatic ring is 1.